The molecule has 2 heterocycles. The van der Waals surface area contributed by atoms with E-state index in [2.05, 4.69) is 9.62 Å². The predicted molar refractivity (Wildman–Crippen MR) is 64.2 cm³/mol. The Kier molecular flexibility index (Phi) is 10.1. The van der Waals surface area contributed by atoms with E-state index in [1.165, 1.54) is 10.9 Å². The average Bonchev–Trinajstić information content (AvgIpc) is 2.94. The molecule has 0 aromatic carbocycles. The van der Waals surface area contributed by atoms with Gasteiger partial charge in [0.25, 0.3) is 0 Å². The summed E-state index contributed by atoms with van der Waals surface area (Å²) in [5.41, 5.74) is 0.650. The first-order chi connectivity index (χ1) is 8.54. The van der Waals surface area contributed by atoms with E-state index in [1.807, 2.05) is 23.6 Å². The Labute approximate surface area is 164 Å². The molecule has 0 saturated heterocycles. The number of phosphoric ester groups is 1. The van der Waals surface area contributed by atoms with E-state index >= 15 is 0 Å². The summed E-state index contributed by atoms with van der Waals surface area (Å²) in [6, 6.07) is 5.56. The van der Waals surface area contributed by atoms with Gasteiger partial charge in [-0.2, -0.15) is 5.10 Å². The molecule has 0 fully saturated rings. The number of thiophene rings is 1. The van der Waals surface area contributed by atoms with Crippen molar-refractivity contribution in [2.24, 2.45) is 0 Å². The van der Waals surface area contributed by atoms with E-state index in [-0.39, 0.29) is 59.1 Å². The minimum Gasteiger partial charge on any atom is -0.790 e. The van der Waals surface area contributed by atoms with Gasteiger partial charge in [0.2, 0.25) is 0 Å². The molecular formula is C10H9N2Na2O4PS. The second-order valence-electron chi connectivity index (χ2n) is 3.31. The van der Waals surface area contributed by atoms with Crippen LogP contribution in [0, 0.1) is 0 Å². The molecule has 10 heteroatoms. The Morgan fingerprint density at radius 2 is 2.10 bits per heavy atom. The normalized spacial score (nSPS) is 11.1. The summed E-state index contributed by atoms with van der Waals surface area (Å²) in [5.74, 6) is 0. The molecule has 20 heavy (non-hydrogen) atoms. The largest absolute Gasteiger partial charge is 1.00 e. The first-order valence-corrected chi connectivity index (χ1v) is 7.29. The van der Waals surface area contributed by atoms with Crippen LogP contribution in [0.4, 0.5) is 0 Å². The Bertz CT molecular complexity index is 582. The zero-order valence-electron chi connectivity index (χ0n) is 11.1. The van der Waals surface area contributed by atoms with Gasteiger partial charge >= 0.3 is 59.1 Å². The smallest absolute Gasteiger partial charge is 0.790 e. The van der Waals surface area contributed by atoms with Crippen LogP contribution < -0.4 is 68.9 Å². The van der Waals surface area contributed by atoms with Crippen LogP contribution in [0.25, 0.3) is 12.2 Å². The number of nitrogens with zero attached hydrogens (tertiary/aromatic N) is 2. The summed E-state index contributed by atoms with van der Waals surface area (Å²) in [6.45, 7) is -0.415. The molecule has 0 N–H and O–H groups in total. The van der Waals surface area contributed by atoms with Gasteiger partial charge in [0.1, 0.15) is 6.73 Å². The molecule has 0 spiro atoms. The minimum atomic E-state index is -4.98. The fourth-order valence-electron chi connectivity index (χ4n) is 1.27. The van der Waals surface area contributed by atoms with Crippen molar-refractivity contribution in [3.63, 3.8) is 0 Å². The third-order valence-corrected chi connectivity index (χ3v) is 3.32. The topological polar surface area (TPSA) is 90.2 Å². The summed E-state index contributed by atoms with van der Waals surface area (Å²) in [6.07, 6.45) is 5.13. The maximum absolute atomic E-state index is 10.4. The molecular weight excluding hydrogens is 321 g/mol. The number of phosphoric acid groups is 1. The third kappa shape index (κ3) is 7.15. The maximum atomic E-state index is 10.4. The first kappa shape index (κ1) is 20.8. The Morgan fingerprint density at radius 3 is 2.70 bits per heavy atom. The molecule has 0 amide bonds. The van der Waals surface area contributed by atoms with Gasteiger partial charge in [-0.1, -0.05) is 6.07 Å². The molecule has 2 rings (SSSR count). The molecule has 0 aliphatic rings. The van der Waals surface area contributed by atoms with Gasteiger partial charge < -0.3 is 18.9 Å². The van der Waals surface area contributed by atoms with E-state index in [0.29, 0.717) is 5.69 Å². The van der Waals surface area contributed by atoms with Crippen LogP contribution in [0.15, 0.2) is 29.8 Å². The number of aromatic nitrogens is 2. The van der Waals surface area contributed by atoms with Crippen molar-refractivity contribution >= 4 is 31.3 Å². The van der Waals surface area contributed by atoms with Crippen molar-refractivity contribution < 1.29 is 78.0 Å². The molecule has 6 nitrogen and oxygen atoms in total. The van der Waals surface area contributed by atoms with Crippen molar-refractivity contribution in [3.05, 3.63) is 40.3 Å². The van der Waals surface area contributed by atoms with E-state index in [1.54, 1.807) is 23.5 Å². The van der Waals surface area contributed by atoms with Gasteiger partial charge in [0, 0.05) is 11.1 Å². The number of rotatable bonds is 5. The Balaban J connectivity index is 0.00000180. The van der Waals surface area contributed by atoms with Crippen molar-refractivity contribution in [3.8, 4) is 0 Å². The van der Waals surface area contributed by atoms with Crippen LogP contribution >= 0.6 is 19.2 Å². The number of hydrogen-bond donors (Lipinski definition) is 0. The van der Waals surface area contributed by atoms with Crippen molar-refractivity contribution in [2.75, 3.05) is 0 Å². The number of hydrogen-bond acceptors (Lipinski definition) is 6. The summed E-state index contributed by atoms with van der Waals surface area (Å²) in [4.78, 5) is 21.8. The fraction of sp³-hybridized carbons (Fsp3) is 0.100. The zero-order valence-corrected chi connectivity index (χ0v) is 16.8. The van der Waals surface area contributed by atoms with Gasteiger partial charge in [-0.05, 0) is 29.7 Å². The minimum absolute atomic E-state index is 0. The van der Waals surface area contributed by atoms with Crippen LogP contribution in [0.3, 0.4) is 0 Å². The summed E-state index contributed by atoms with van der Waals surface area (Å²) in [7, 11) is -4.98. The monoisotopic (exact) mass is 330 g/mol. The van der Waals surface area contributed by atoms with Crippen LogP contribution in [0.1, 0.15) is 10.6 Å². The Morgan fingerprint density at radius 1 is 1.35 bits per heavy atom. The standard InChI is InChI=1S/C10H11N2O4PS.2Na/c13-17(14,15)16-8-12-9(5-6-11-12)3-4-10-2-1-7-18-10;;/h1-7H,8H2,(H2,13,14,15);;/q;2*+1/p-2/b4-3+;;. The second kappa shape index (κ2) is 9.71. The van der Waals surface area contributed by atoms with E-state index in [4.69, 9.17) is 0 Å². The van der Waals surface area contributed by atoms with Gasteiger partial charge in [-0.3, -0.25) is 0 Å². The predicted octanol–water partition coefficient (Wildman–Crippen LogP) is -5.07. The summed E-state index contributed by atoms with van der Waals surface area (Å²) >= 11 is 1.58. The molecule has 0 atom stereocenters. The van der Waals surface area contributed by atoms with Gasteiger partial charge in [0.15, 0.2) is 0 Å². The van der Waals surface area contributed by atoms with E-state index in [9.17, 15) is 14.4 Å². The third-order valence-electron chi connectivity index (χ3n) is 2.05. The molecule has 2 aromatic heterocycles. The molecule has 96 valence electrons. The summed E-state index contributed by atoms with van der Waals surface area (Å²) in [5, 5.41) is 5.81. The van der Waals surface area contributed by atoms with Crippen molar-refractivity contribution in [2.45, 2.75) is 6.73 Å². The van der Waals surface area contributed by atoms with Crippen LogP contribution in [0.2, 0.25) is 0 Å². The molecule has 0 aliphatic heterocycles. The SMILES string of the molecule is O=P([O-])([O-])OCn1nccc1/C=C/c1cccs1.[Na+].[Na+]. The molecule has 0 bridgehead atoms. The fourth-order valence-corrected chi connectivity index (χ4v) is 2.14. The van der Waals surface area contributed by atoms with E-state index < -0.39 is 14.6 Å². The Hall–Kier alpha value is 0.760. The quantitative estimate of drug-likeness (QED) is 0.404. The van der Waals surface area contributed by atoms with Gasteiger partial charge in [-0.25, -0.2) is 4.68 Å². The maximum Gasteiger partial charge on any atom is 1.00 e. The van der Waals surface area contributed by atoms with Crippen LogP contribution in [0.5, 0.6) is 0 Å². The van der Waals surface area contributed by atoms with Gasteiger partial charge in [0.05, 0.1) is 13.5 Å². The van der Waals surface area contributed by atoms with Gasteiger partial charge in [-0.15, -0.1) is 11.3 Å². The molecule has 0 aliphatic carbocycles. The van der Waals surface area contributed by atoms with Crippen LogP contribution in [-0.2, 0) is 15.8 Å². The zero-order chi connectivity index (χ0) is 13.0. The molecule has 2 aromatic rings. The second-order valence-corrected chi connectivity index (χ2v) is 5.44. The molecule has 0 radical (unpaired) electrons. The summed E-state index contributed by atoms with van der Waals surface area (Å²) < 4.78 is 15.8. The first-order valence-electron chi connectivity index (χ1n) is 4.94. The van der Waals surface area contributed by atoms with Crippen LogP contribution in [-0.4, -0.2) is 9.78 Å². The van der Waals surface area contributed by atoms with E-state index in [0.717, 1.165) is 4.88 Å². The average molecular weight is 330 g/mol. The molecule has 0 saturated carbocycles. The molecule has 0 unspecified atom stereocenters. The van der Waals surface area contributed by atoms with Crippen molar-refractivity contribution in [1.82, 2.24) is 9.78 Å². The van der Waals surface area contributed by atoms with Crippen molar-refractivity contribution in [1.29, 1.82) is 0 Å².